The molecule has 0 radical (unpaired) electrons. The number of amides is 4. The highest BCUT2D eigenvalue weighted by Gasteiger charge is 2.61. The van der Waals surface area contributed by atoms with Crippen LogP contribution in [-0.4, -0.2) is 171 Å². The van der Waals surface area contributed by atoms with Gasteiger partial charge < -0.3 is 62.7 Å². The van der Waals surface area contributed by atoms with Gasteiger partial charge in [0.25, 0.3) is 29.3 Å². The van der Waals surface area contributed by atoms with Crippen molar-refractivity contribution in [2.24, 2.45) is 5.11 Å². The van der Waals surface area contributed by atoms with Gasteiger partial charge in [0, 0.05) is 22.6 Å². The highest BCUT2D eigenvalue weighted by Crippen LogP contribution is 2.42. The molecule has 3 N–H and O–H groups in total. The van der Waals surface area contributed by atoms with Crippen LogP contribution in [0.5, 0.6) is 0 Å². The van der Waals surface area contributed by atoms with Crippen molar-refractivity contribution in [3.8, 4) is 0 Å². The van der Waals surface area contributed by atoms with Crippen LogP contribution < -0.4 is 0 Å². The molecule has 26 heteroatoms. The molecule has 0 aromatic heterocycles. The fourth-order valence-corrected chi connectivity index (χ4v) is 11.8. The largest absolute Gasteiger partial charge is 0.450 e. The molecule has 88 heavy (non-hydrogen) atoms. The Hall–Kier alpha value is -8.70. The van der Waals surface area contributed by atoms with E-state index in [0.29, 0.717) is 26.5 Å². The number of benzene rings is 6. The lowest BCUT2D eigenvalue weighted by molar-refractivity contribution is -0.389. The Morgan fingerprint density at radius 1 is 0.625 bits per heavy atom. The van der Waals surface area contributed by atoms with E-state index in [2.05, 4.69) is 10.0 Å². The summed E-state index contributed by atoms with van der Waals surface area (Å²) in [7, 11) is 0. The van der Waals surface area contributed by atoms with Gasteiger partial charge in [0.15, 0.2) is 31.2 Å². The minimum absolute atomic E-state index is 0.0373. The predicted molar refractivity (Wildman–Crippen MR) is 299 cm³/mol. The number of hydrogen-bond acceptors (Lipinski definition) is 21. The number of aliphatic hydroxyl groups excluding tert-OH is 3. The van der Waals surface area contributed by atoms with Gasteiger partial charge >= 0.3 is 5.97 Å². The number of fused-ring (bicyclic) bond motifs is 3. The molecule has 26 nitrogen and oxygen atoms in total. The zero-order chi connectivity index (χ0) is 61.2. The minimum Gasteiger partial charge on any atom is -0.450 e. The van der Waals surface area contributed by atoms with Crippen molar-refractivity contribution in [2.45, 2.75) is 111 Å². The van der Waals surface area contributed by atoms with E-state index >= 15 is 0 Å². The summed E-state index contributed by atoms with van der Waals surface area (Å²) in [6, 6.07) is 39.3. The third kappa shape index (κ3) is 11.7. The van der Waals surface area contributed by atoms with Crippen molar-refractivity contribution in [1.29, 1.82) is 0 Å². The highest BCUT2D eigenvalue weighted by atomic mass is 16.8. The molecule has 4 fully saturated rings. The van der Waals surface area contributed by atoms with Gasteiger partial charge in [-0.1, -0.05) is 120 Å². The van der Waals surface area contributed by atoms with Gasteiger partial charge in [-0.2, -0.15) is 0 Å². The summed E-state index contributed by atoms with van der Waals surface area (Å²) in [6.07, 6.45) is -23.0. The summed E-state index contributed by atoms with van der Waals surface area (Å²) in [4.78, 5) is 87.5. The van der Waals surface area contributed by atoms with E-state index < -0.39 is 146 Å². The average Bonchev–Trinajstić information content (AvgIpc) is 1.51. The number of imide groups is 2. The van der Waals surface area contributed by atoms with E-state index in [1.54, 1.807) is 78.9 Å². The summed E-state index contributed by atoms with van der Waals surface area (Å²) in [5, 5.41) is 52.2. The lowest BCUT2D eigenvalue weighted by atomic mass is 9.92. The summed E-state index contributed by atoms with van der Waals surface area (Å²) < 4.78 is 65.4. The Morgan fingerprint density at radius 2 is 1.15 bits per heavy atom. The van der Waals surface area contributed by atoms with Crippen molar-refractivity contribution >= 4 is 35.3 Å². The molecule has 454 valence electrons. The fourth-order valence-electron chi connectivity index (χ4n) is 11.8. The SMILES string of the molecule is [N-]=[N+]=N[C@@H]1O[C@H](CO)[C@@H](O[C@@H]2O[C@H](COCc3ccccc3)[C@@H](O[C@@H]3O[C@@H]4CO[C@@H](c5ccccc5)O[C@H]4[C@H](OCc4ccccc4)[C@H]3OC(=O)c3ccc([N+](=O)[O-])cc3)[C@H](O)[C@H]2N2C(=O)c3ccccc3C2=O)[C@H](O)[C@H]1N1C(=O)c2ccccc2C1=O. The lowest BCUT2D eigenvalue weighted by Gasteiger charge is -2.52. The lowest BCUT2D eigenvalue weighted by Crippen LogP contribution is -2.71. The molecular weight excluding hydrogens is 1150 g/mol. The van der Waals surface area contributed by atoms with Crippen molar-refractivity contribution < 1.29 is 91.6 Å². The third-order valence-electron chi connectivity index (χ3n) is 16.1. The molecule has 6 heterocycles. The number of carbonyl (C=O) groups is 5. The molecule has 6 aliphatic heterocycles. The zero-order valence-corrected chi connectivity index (χ0v) is 46.3. The van der Waals surface area contributed by atoms with Gasteiger partial charge in [0.2, 0.25) is 0 Å². The van der Waals surface area contributed by atoms with E-state index in [4.69, 9.17) is 47.4 Å². The maximum atomic E-state index is 14.8. The van der Waals surface area contributed by atoms with Crippen molar-refractivity contribution in [2.75, 3.05) is 19.8 Å². The van der Waals surface area contributed by atoms with Crippen LogP contribution in [-0.2, 0) is 60.6 Å². The number of aliphatic hydroxyl groups is 3. The number of non-ortho nitro benzene ring substituents is 1. The van der Waals surface area contributed by atoms with Crippen LogP contribution in [0.2, 0.25) is 0 Å². The van der Waals surface area contributed by atoms with Crippen molar-refractivity contribution in [3.05, 3.63) is 229 Å². The molecule has 16 atom stereocenters. The molecule has 0 aliphatic carbocycles. The Bertz CT molecular complexity index is 3530. The summed E-state index contributed by atoms with van der Waals surface area (Å²) in [5.41, 5.74) is 11.1. The predicted octanol–water partition coefficient (Wildman–Crippen LogP) is 5.34. The number of nitro benzene ring substituents is 1. The highest BCUT2D eigenvalue weighted by molar-refractivity contribution is 6.22. The van der Waals surface area contributed by atoms with Crippen LogP contribution in [0, 0.1) is 10.1 Å². The van der Waals surface area contributed by atoms with Crippen molar-refractivity contribution in [3.63, 3.8) is 0 Å². The second kappa shape index (κ2) is 25.9. The Labute approximate surface area is 500 Å². The Balaban J connectivity index is 0.944. The first-order valence-corrected chi connectivity index (χ1v) is 28.1. The topological polar surface area (TPSA) is 337 Å². The van der Waals surface area contributed by atoms with E-state index in [-0.39, 0.29) is 53.3 Å². The van der Waals surface area contributed by atoms with Gasteiger partial charge in [0.05, 0.1) is 65.8 Å². The number of nitro groups is 1. The van der Waals surface area contributed by atoms with Gasteiger partial charge in [0.1, 0.15) is 67.0 Å². The van der Waals surface area contributed by atoms with Gasteiger partial charge in [-0.05, 0) is 53.1 Å². The van der Waals surface area contributed by atoms with Crippen molar-refractivity contribution in [1.82, 2.24) is 9.80 Å². The fraction of sp³-hybridized carbons (Fsp3) is 0.339. The molecule has 6 aromatic rings. The van der Waals surface area contributed by atoms with E-state index in [1.807, 2.05) is 12.1 Å². The van der Waals surface area contributed by atoms with Crippen LogP contribution in [0.15, 0.2) is 169 Å². The van der Waals surface area contributed by atoms with E-state index in [0.717, 1.165) is 12.1 Å². The van der Waals surface area contributed by atoms with Gasteiger partial charge in [-0.3, -0.25) is 39.1 Å². The number of carbonyl (C=O) groups excluding carboxylic acids is 5. The maximum absolute atomic E-state index is 14.8. The summed E-state index contributed by atoms with van der Waals surface area (Å²) in [6.45, 7) is -1.78. The summed E-state index contributed by atoms with van der Waals surface area (Å²) in [5.74, 6) is -4.67. The van der Waals surface area contributed by atoms with Crippen LogP contribution in [0.25, 0.3) is 10.4 Å². The zero-order valence-electron chi connectivity index (χ0n) is 46.3. The van der Waals surface area contributed by atoms with Gasteiger partial charge in [-0.25, -0.2) is 4.79 Å². The van der Waals surface area contributed by atoms with E-state index in [1.165, 1.54) is 60.7 Å². The first-order chi connectivity index (χ1) is 42.8. The first-order valence-electron chi connectivity index (χ1n) is 28.1. The maximum Gasteiger partial charge on any atom is 0.338 e. The van der Waals surface area contributed by atoms with E-state index in [9.17, 15) is 54.9 Å². The summed E-state index contributed by atoms with van der Waals surface area (Å²) >= 11 is 0. The molecule has 0 saturated carbocycles. The second-order valence-electron chi connectivity index (χ2n) is 21.4. The van der Waals surface area contributed by atoms with Crippen LogP contribution >= 0.6 is 0 Å². The minimum atomic E-state index is -2.14. The smallest absolute Gasteiger partial charge is 0.338 e. The molecule has 12 rings (SSSR count). The van der Waals surface area contributed by atoms with Gasteiger partial charge in [-0.15, -0.1) is 0 Å². The number of rotatable bonds is 19. The third-order valence-corrected chi connectivity index (χ3v) is 16.1. The second-order valence-corrected chi connectivity index (χ2v) is 21.4. The van der Waals surface area contributed by atoms with Crippen LogP contribution in [0.4, 0.5) is 5.69 Å². The van der Waals surface area contributed by atoms with Crippen LogP contribution in [0.3, 0.4) is 0 Å². The molecule has 4 saturated heterocycles. The monoisotopic (exact) mass is 1200 g/mol. The Kier molecular flexibility index (Phi) is 17.6. The Morgan fingerprint density at radius 3 is 1.72 bits per heavy atom. The molecular formula is C62H56N6O20. The first kappa shape index (κ1) is 59.6. The normalized spacial score (nSPS) is 30.0. The quantitative estimate of drug-likeness (QED) is 0.0175. The number of ether oxygens (including phenoxy) is 10. The number of hydrogen-bond donors (Lipinski definition) is 3. The standard InChI is InChI=1S/C62H56N6O20/c63-65-64-54-45(66-55(72)38-20-10-11-21-39(38)56(66)73)47(70)49(42(28-69)82-54)86-61-46(67-57(74)40-22-12-13-23-41(40)58(67)75)48(71)50(43(83-61)31-79-29-33-14-4-1-5-15-33)87-62-53(85-59(76)35-24-26-37(27-25-35)68(77)78)52(80-30-34-16-6-2-7-17-34)51-44(84-62)32-81-60(88-51)36-18-8-3-9-19-36/h1-27,42-54,60-62,69-71H,28-32H2/t42-,43-,44-,45-,46-,47-,48-,49-,50-,51-,52+,53-,54-,60-,61+,62+/m1/s1. The molecule has 6 aromatic carbocycles. The van der Waals surface area contributed by atoms with Crippen LogP contribution in [0.1, 0.15) is 74.8 Å². The molecule has 6 aliphatic rings. The number of azide groups is 1. The molecule has 0 spiro atoms. The number of esters is 1. The average molecular weight is 1210 g/mol. The molecule has 4 amide bonds. The molecule has 0 unspecified atom stereocenters. The number of nitrogens with zero attached hydrogens (tertiary/aromatic N) is 6. The molecule has 0 bridgehead atoms.